The van der Waals surface area contributed by atoms with Gasteiger partial charge in [-0.3, -0.25) is 0 Å². The van der Waals surface area contributed by atoms with Gasteiger partial charge in [0.15, 0.2) is 5.96 Å². The van der Waals surface area contributed by atoms with E-state index in [-0.39, 0.29) is 30.1 Å². The molecule has 170 valence electrons. The van der Waals surface area contributed by atoms with Gasteiger partial charge in [-0.2, -0.15) is 0 Å². The van der Waals surface area contributed by atoms with Crippen LogP contribution in [0.25, 0.3) is 0 Å². The fraction of sp³-hybridized carbons (Fsp3) is 0.458. The molecule has 2 aromatic rings. The Morgan fingerprint density at radius 2 is 1.97 bits per heavy atom. The molecule has 0 aliphatic carbocycles. The molecule has 0 spiro atoms. The topological polar surface area (TPSA) is 64.1 Å². The number of rotatable bonds is 9. The van der Waals surface area contributed by atoms with Crippen LogP contribution in [0.2, 0.25) is 0 Å². The number of hydrogen-bond donors (Lipinski definition) is 2. The second-order valence-corrected chi connectivity index (χ2v) is 7.43. The molecule has 0 aromatic heterocycles. The molecule has 2 aromatic carbocycles. The number of methoxy groups -OCH3 is 1. The average Bonchev–Trinajstić information content (AvgIpc) is 3.26. The Morgan fingerprint density at radius 3 is 2.65 bits per heavy atom. The van der Waals surface area contributed by atoms with Crippen LogP contribution in [-0.2, 0) is 17.7 Å². The van der Waals surface area contributed by atoms with Gasteiger partial charge in [0, 0.05) is 25.1 Å². The van der Waals surface area contributed by atoms with Crippen LogP contribution < -0.4 is 20.1 Å². The zero-order valence-corrected chi connectivity index (χ0v) is 21.0. The highest BCUT2D eigenvalue weighted by Crippen LogP contribution is 2.24. The van der Waals surface area contributed by atoms with E-state index in [1.165, 1.54) is 11.1 Å². The monoisotopic (exact) mass is 539 g/mol. The summed E-state index contributed by atoms with van der Waals surface area (Å²) in [5, 5.41) is 6.74. The maximum absolute atomic E-state index is 6.19. The van der Waals surface area contributed by atoms with Crippen LogP contribution in [0.5, 0.6) is 11.5 Å². The van der Waals surface area contributed by atoms with Crippen molar-refractivity contribution < 1.29 is 14.2 Å². The summed E-state index contributed by atoms with van der Waals surface area (Å²) in [6, 6.07) is 14.5. The molecule has 1 heterocycles. The first-order chi connectivity index (χ1) is 14.7. The molecule has 1 saturated heterocycles. The van der Waals surface area contributed by atoms with Crippen LogP contribution in [0.15, 0.2) is 47.5 Å². The first-order valence-corrected chi connectivity index (χ1v) is 10.7. The maximum Gasteiger partial charge on any atom is 0.191 e. The second-order valence-electron chi connectivity index (χ2n) is 7.43. The minimum Gasteiger partial charge on any atom is -0.497 e. The van der Waals surface area contributed by atoms with Crippen LogP contribution in [0.1, 0.15) is 30.0 Å². The number of aliphatic imine (C=N–C) groups is 1. The van der Waals surface area contributed by atoms with E-state index in [9.17, 15) is 0 Å². The van der Waals surface area contributed by atoms with Crippen molar-refractivity contribution in [1.82, 2.24) is 10.6 Å². The third kappa shape index (κ3) is 8.22. The number of aryl methyl sites for hydroxylation is 1. The average molecular weight is 539 g/mol. The molecule has 1 aliphatic rings. The van der Waals surface area contributed by atoms with Gasteiger partial charge >= 0.3 is 0 Å². The summed E-state index contributed by atoms with van der Waals surface area (Å²) in [6.07, 6.45) is 1.98. The number of guanidine groups is 1. The maximum atomic E-state index is 6.19. The number of hydrogen-bond acceptors (Lipinski definition) is 4. The van der Waals surface area contributed by atoms with Crippen LogP contribution in [0.3, 0.4) is 0 Å². The summed E-state index contributed by atoms with van der Waals surface area (Å²) in [5.41, 5.74) is 3.52. The number of benzene rings is 2. The molecule has 6 nitrogen and oxygen atoms in total. The molecule has 1 atom stereocenters. The lowest BCUT2D eigenvalue weighted by molar-refractivity contribution is 0.140. The van der Waals surface area contributed by atoms with E-state index in [0.29, 0.717) is 13.2 Å². The van der Waals surface area contributed by atoms with Gasteiger partial charge in [-0.15, -0.1) is 24.0 Å². The Balaban J connectivity index is 0.00000341. The minimum absolute atomic E-state index is 0. The second kappa shape index (κ2) is 13.4. The molecule has 0 amide bonds. The summed E-state index contributed by atoms with van der Waals surface area (Å²) in [7, 11) is 1.68. The molecular formula is C24H34IN3O3. The van der Waals surface area contributed by atoms with Gasteiger partial charge in [0.05, 0.1) is 26.9 Å². The van der Waals surface area contributed by atoms with Crippen LogP contribution in [0.4, 0.5) is 0 Å². The highest BCUT2D eigenvalue weighted by atomic mass is 127. The molecule has 1 fully saturated rings. The highest BCUT2D eigenvalue weighted by Gasteiger charge is 2.18. The van der Waals surface area contributed by atoms with Gasteiger partial charge in [0.1, 0.15) is 17.6 Å². The Morgan fingerprint density at radius 1 is 1.16 bits per heavy atom. The summed E-state index contributed by atoms with van der Waals surface area (Å²) < 4.78 is 16.9. The molecule has 0 radical (unpaired) electrons. The van der Waals surface area contributed by atoms with Gasteiger partial charge in [-0.25, -0.2) is 4.99 Å². The van der Waals surface area contributed by atoms with Gasteiger partial charge in [0.25, 0.3) is 0 Å². The van der Waals surface area contributed by atoms with Crippen molar-refractivity contribution in [3.05, 3.63) is 59.2 Å². The van der Waals surface area contributed by atoms with Crippen molar-refractivity contribution in [2.24, 2.45) is 4.99 Å². The van der Waals surface area contributed by atoms with Gasteiger partial charge in [0.2, 0.25) is 0 Å². The molecule has 2 N–H and O–H groups in total. The van der Waals surface area contributed by atoms with Crippen molar-refractivity contribution >= 4 is 29.9 Å². The van der Waals surface area contributed by atoms with Crippen molar-refractivity contribution in [3.63, 3.8) is 0 Å². The van der Waals surface area contributed by atoms with Crippen LogP contribution >= 0.6 is 24.0 Å². The fourth-order valence-electron chi connectivity index (χ4n) is 3.31. The summed E-state index contributed by atoms with van der Waals surface area (Å²) in [6.45, 7) is 7.75. The Bertz CT molecular complexity index is 821. The zero-order valence-electron chi connectivity index (χ0n) is 18.6. The first-order valence-electron chi connectivity index (χ1n) is 10.7. The first kappa shape index (κ1) is 25.3. The summed E-state index contributed by atoms with van der Waals surface area (Å²) in [5.74, 6) is 2.59. The van der Waals surface area contributed by atoms with E-state index in [1.807, 2.05) is 12.1 Å². The largest absolute Gasteiger partial charge is 0.497 e. The number of nitrogens with zero attached hydrogens (tertiary/aromatic N) is 1. The Kier molecular flexibility index (Phi) is 10.9. The van der Waals surface area contributed by atoms with E-state index in [0.717, 1.165) is 55.6 Å². The predicted molar refractivity (Wildman–Crippen MR) is 136 cm³/mol. The number of ether oxygens (including phenoxy) is 3. The van der Waals surface area contributed by atoms with Crippen LogP contribution in [-0.4, -0.2) is 45.5 Å². The standard InChI is InChI=1S/C24H33N3O3.HI/c1-4-25-24(26-13-11-19-6-9-21(28-3)10-7-19)27-16-20-8-5-18(2)15-23(20)30-22-12-14-29-17-22;/h5-10,15,22H,4,11-14,16-17H2,1-3H3,(H2,25,26,27);1H. The van der Waals surface area contributed by atoms with E-state index in [4.69, 9.17) is 19.2 Å². The molecular weight excluding hydrogens is 505 g/mol. The van der Waals surface area contributed by atoms with Crippen molar-refractivity contribution in [2.75, 3.05) is 33.4 Å². The van der Waals surface area contributed by atoms with Crippen molar-refractivity contribution in [1.29, 1.82) is 0 Å². The lowest BCUT2D eigenvalue weighted by atomic mass is 10.1. The molecule has 1 aliphatic heterocycles. The normalized spacial score (nSPS) is 15.8. The quantitative estimate of drug-likeness (QED) is 0.286. The third-order valence-corrected chi connectivity index (χ3v) is 5.02. The minimum atomic E-state index is 0. The molecule has 0 bridgehead atoms. The van der Waals surface area contributed by atoms with Gasteiger partial charge in [-0.1, -0.05) is 24.3 Å². The molecule has 1 unspecified atom stereocenters. The lowest BCUT2D eigenvalue weighted by Crippen LogP contribution is -2.38. The SMILES string of the molecule is CCNC(=NCc1ccc(C)cc1OC1CCOC1)NCCc1ccc(OC)cc1.I. The third-order valence-electron chi connectivity index (χ3n) is 5.02. The predicted octanol–water partition coefficient (Wildman–Crippen LogP) is 4.09. The highest BCUT2D eigenvalue weighted by molar-refractivity contribution is 14.0. The summed E-state index contributed by atoms with van der Waals surface area (Å²) >= 11 is 0. The van der Waals surface area contributed by atoms with Crippen molar-refractivity contribution in [3.8, 4) is 11.5 Å². The number of halogens is 1. The summed E-state index contributed by atoms with van der Waals surface area (Å²) in [4.78, 5) is 4.77. The molecule has 0 saturated carbocycles. The molecule has 31 heavy (non-hydrogen) atoms. The Hall–Kier alpha value is -2.00. The van der Waals surface area contributed by atoms with E-state index >= 15 is 0 Å². The van der Waals surface area contributed by atoms with Crippen LogP contribution in [0, 0.1) is 6.92 Å². The van der Waals surface area contributed by atoms with Crippen molar-refractivity contribution in [2.45, 2.75) is 39.3 Å². The number of nitrogens with one attached hydrogen (secondary N) is 2. The zero-order chi connectivity index (χ0) is 21.2. The fourth-order valence-corrected chi connectivity index (χ4v) is 3.31. The van der Waals surface area contributed by atoms with E-state index in [2.05, 4.69) is 54.8 Å². The van der Waals surface area contributed by atoms with E-state index in [1.54, 1.807) is 7.11 Å². The Labute approximate surface area is 202 Å². The smallest absolute Gasteiger partial charge is 0.191 e. The van der Waals surface area contributed by atoms with E-state index < -0.39 is 0 Å². The molecule has 7 heteroatoms. The van der Waals surface area contributed by atoms with Gasteiger partial charge < -0.3 is 24.8 Å². The lowest BCUT2D eigenvalue weighted by Gasteiger charge is -2.16. The van der Waals surface area contributed by atoms with Gasteiger partial charge in [-0.05, 0) is 49.6 Å². The molecule has 3 rings (SSSR count).